The van der Waals surface area contributed by atoms with Crippen LogP contribution in [0.3, 0.4) is 0 Å². The zero-order valence-corrected chi connectivity index (χ0v) is 19.3. The Kier molecular flexibility index (Phi) is 6.44. The van der Waals surface area contributed by atoms with E-state index >= 15 is 0 Å². The fraction of sp³-hybridized carbons (Fsp3) is 0.238. The lowest BCUT2D eigenvalue weighted by Crippen LogP contribution is -2.24. The van der Waals surface area contributed by atoms with Crippen LogP contribution < -0.4 is 10.1 Å². The van der Waals surface area contributed by atoms with Crippen LogP contribution in [0.5, 0.6) is 5.75 Å². The molecule has 1 N–H and O–H groups in total. The summed E-state index contributed by atoms with van der Waals surface area (Å²) in [7, 11) is 0.560. The number of carbonyl (C=O) groups is 1. The number of hydrogen-bond donors (Lipinski definition) is 1. The molecule has 0 spiro atoms. The number of methoxy groups -OCH3 is 1. The lowest BCUT2D eigenvalue weighted by Gasteiger charge is -2.16. The average molecular weight is 464 g/mol. The monoisotopic (exact) mass is 463 g/mol. The van der Waals surface area contributed by atoms with Crippen LogP contribution in [-0.4, -0.2) is 44.8 Å². The van der Waals surface area contributed by atoms with Gasteiger partial charge in [-0.2, -0.15) is 0 Å². The van der Waals surface area contributed by atoms with Crippen LogP contribution in [0.2, 0.25) is 0 Å². The number of sulfonamides is 1. The first kappa shape index (κ1) is 22.9. The molecule has 0 saturated heterocycles. The molecule has 10 heteroatoms. The Labute approximate surface area is 184 Å². The molecule has 2 aromatic carbocycles. The van der Waals surface area contributed by atoms with Gasteiger partial charge in [0, 0.05) is 30.6 Å². The quantitative estimate of drug-likeness (QED) is 0.595. The summed E-state index contributed by atoms with van der Waals surface area (Å²) in [5.74, 6) is -0.866. The second kappa shape index (κ2) is 8.74. The number of hydrogen-bond acceptors (Lipinski definition) is 6. The van der Waals surface area contributed by atoms with Crippen LogP contribution >= 0.6 is 11.3 Å². The largest absolute Gasteiger partial charge is 0.494 e. The van der Waals surface area contributed by atoms with Crippen LogP contribution in [0.25, 0.3) is 11.3 Å². The Morgan fingerprint density at radius 1 is 1.19 bits per heavy atom. The maximum Gasteiger partial charge on any atom is 0.257 e. The number of ether oxygens (including phenoxy) is 1. The number of halogens is 1. The summed E-state index contributed by atoms with van der Waals surface area (Å²) in [6.07, 6.45) is 0. The summed E-state index contributed by atoms with van der Waals surface area (Å²) >= 11 is 1.18. The van der Waals surface area contributed by atoms with E-state index in [1.807, 2.05) is 0 Å². The maximum absolute atomic E-state index is 14.0. The molecule has 0 saturated carbocycles. The van der Waals surface area contributed by atoms with Gasteiger partial charge in [0.2, 0.25) is 10.0 Å². The molecule has 0 radical (unpaired) electrons. The van der Waals surface area contributed by atoms with Gasteiger partial charge in [0.15, 0.2) is 16.7 Å². The van der Waals surface area contributed by atoms with Gasteiger partial charge in [-0.25, -0.2) is 22.1 Å². The molecule has 1 aromatic heterocycles. The van der Waals surface area contributed by atoms with Crippen molar-refractivity contribution in [3.63, 3.8) is 0 Å². The highest BCUT2D eigenvalue weighted by atomic mass is 32.2. The molecular formula is C21H22FN3O4S2. The van der Waals surface area contributed by atoms with E-state index in [1.54, 1.807) is 31.4 Å². The van der Waals surface area contributed by atoms with Crippen molar-refractivity contribution >= 4 is 32.4 Å². The van der Waals surface area contributed by atoms with E-state index in [9.17, 15) is 17.6 Å². The fourth-order valence-electron chi connectivity index (χ4n) is 2.88. The van der Waals surface area contributed by atoms with E-state index in [1.165, 1.54) is 50.7 Å². The Morgan fingerprint density at radius 3 is 2.52 bits per heavy atom. The summed E-state index contributed by atoms with van der Waals surface area (Å²) in [6, 6.07) is 7.47. The third-order valence-electron chi connectivity index (χ3n) is 4.81. The molecule has 0 aliphatic heterocycles. The highest BCUT2D eigenvalue weighted by molar-refractivity contribution is 7.89. The van der Waals surface area contributed by atoms with E-state index in [0.29, 0.717) is 27.5 Å². The molecule has 0 fully saturated rings. The zero-order valence-electron chi connectivity index (χ0n) is 17.7. The van der Waals surface area contributed by atoms with Gasteiger partial charge in [-0.1, -0.05) is 0 Å². The predicted molar refractivity (Wildman–Crippen MR) is 119 cm³/mol. The normalized spacial score (nSPS) is 11.6. The first-order valence-electron chi connectivity index (χ1n) is 9.19. The van der Waals surface area contributed by atoms with Gasteiger partial charge in [0.1, 0.15) is 0 Å². The van der Waals surface area contributed by atoms with Gasteiger partial charge in [0.05, 0.1) is 17.7 Å². The smallest absolute Gasteiger partial charge is 0.257 e. The third kappa shape index (κ3) is 4.60. The second-order valence-corrected chi connectivity index (χ2v) is 10.0. The number of thiazole rings is 1. The van der Waals surface area contributed by atoms with Crippen molar-refractivity contribution in [1.29, 1.82) is 0 Å². The second-order valence-electron chi connectivity index (χ2n) is 7.05. The molecule has 0 unspecified atom stereocenters. The SMILES string of the molecule is COc1ccc(-c2csc(NC(=O)c3cc(C)c(C)c(S(=O)(=O)N(C)C)c3)n2)cc1F. The van der Waals surface area contributed by atoms with Crippen molar-refractivity contribution in [1.82, 2.24) is 9.29 Å². The molecule has 7 nitrogen and oxygen atoms in total. The molecule has 31 heavy (non-hydrogen) atoms. The minimum Gasteiger partial charge on any atom is -0.494 e. The van der Waals surface area contributed by atoms with Crippen LogP contribution in [0.15, 0.2) is 40.6 Å². The standard InChI is InChI=1S/C21H22FN3O4S2/c1-12-8-15(10-19(13(12)2)31(27,28)25(3)4)20(26)24-21-23-17(11-30-21)14-6-7-18(29-5)16(22)9-14/h6-11H,1-5H3,(H,23,24,26). The van der Waals surface area contributed by atoms with Gasteiger partial charge in [-0.3, -0.25) is 10.1 Å². The zero-order chi connectivity index (χ0) is 22.9. The number of benzene rings is 2. The Bertz CT molecular complexity index is 1250. The molecule has 0 bridgehead atoms. The third-order valence-corrected chi connectivity index (χ3v) is 7.51. The van der Waals surface area contributed by atoms with Crippen molar-refractivity contribution in [3.8, 4) is 17.0 Å². The van der Waals surface area contributed by atoms with Gasteiger partial charge in [-0.15, -0.1) is 11.3 Å². The van der Waals surface area contributed by atoms with Crippen molar-refractivity contribution in [3.05, 3.63) is 58.2 Å². The fourth-order valence-corrected chi connectivity index (χ4v) is 4.81. The molecule has 3 rings (SSSR count). The van der Waals surface area contributed by atoms with Gasteiger partial charge >= 0.3 is 0 Å². The number of nitrogens with one attached hydrogen (secondary N) is 1. The maximum atomic E-state index is 14.0. The van der Waals surface area contributed by atoms with Crippen molar-refractivity contribution < 1.29 is 22.3 Å². The van der Waals surface area contributed by atoms with Crippen LogP contribution in [0.4, 0.5) is 9.52 Å². The summed E-state index contributed by atoms with van der Waals surface area (Å²) in [5.41, 5.74) is 2.51. The number of carbonyl (C=O) groups excluding carboxylic acids is 1. The van der Waals surface area contributed by atoms with Crippen LogP contribution in [0.1, 0.15) is 21.5 Å². The number of nitrogens with zero attached hydrogens (tertiary/aromatic N) is 2. The predicted octanol–water partition coefficient (Wildman–Crippen LogP) is 4.08. The molecular weight excluding hydrogens is 441 g/mol. The number of rotatable bonds is 6. The minimum absolute atomic E-state index is 0.0798. The topological polar surface area (TPSA) is 88.6 Å². The van der Waals surface area contributed by atoms with E-state index in [-0.39, 0.29) is 16.2 Å². The first-order valence-corrected chi connectivity index (χ1v) is 11.5. The highest BCUT2D eigenvalue weighted by Gasteiger charge is 2.23. The first-order chi connectivity index (χ1) is 14.5. The molecule has 0 atom stereocenters. The Morgan fingerprint density at radius 2 is 1.90 bits per heavy atom. The number of aryl methyl sites for hydroxylation is 1. The molecule has 1 heterocycles. The van der Waals surface area contributed by atoms with E-state index in [2.05, 4.69) is 10.3 Å². The average Bonchev–Trinajstić information content (AvgIpc) is 3.17. The minimum atomic E-state index is -3.71. The van der Waals surface area contributed by atoms with Crippen LogP contribution in [0, 0.1) is 19.7 Å². The molecule has 0 aliphatic carbocycles. The van der Waals surface area contributed by atoms with E-state index < -0.39 is 21.7 Å². The molecule has 0 aliphatic rings. The summed E-state index contributed by atoms with van der Waals surface area (Å²) in [4.78, 5) is 17.2. The Balaban J connectivity index is 1.88. The molecule has 1 amide bonds. The lowest BCUT2D eigenvalue weighted by molar-refractivity contribution is 0.102. The lowest BCUT2D eigenvalue weighted by atomic mass is 10.1. The van der Waals surface area contributed by atoms with E-state index in [0.717, 1.165) is 4.31 Å². The number of aromatic nitrogens is 1. The van der Waals surface area contributed by atoms with Crippen LogP contribution in [-0.2, 0) is 10.0 Å². The summed E-state index contributed by atoms with van der Waals surface area (Å²) in [5, 5.41) is 4.69. The van der Waals surface area contributed by atoms with Gasteiger partial charge in [-0.05, 0) is 55.3 Å². The van der Waals surface area contributed by atoms with Crippen molar-refractivity contribution in [2.45, 2.75) is 18.7 Å². The van der Waals surface area contributed by atoms with E-state index in [4.69, 9.17) is 4.74 Å². The Hall–Kier alpha value is -2.82. The van der Waals surface area contributed by atoms with Gasteiger partial charge < -0.3 is 4.74 Å². The van der Waals surface area contributed by atoms with Crippen molar-refractivity contribution in [2.24, 2.45) is 0 Å². The highest BCUT2D eigenvalue weighted by Crippen LogP contribution is 2.29. The van der Waals surface area contributed by atoms with Gasteiger partial charge in [0.25, 0.3) is 5.91 Å². The number of anilines is 1. The van der Waals surface area contributed by atoms with Crippen molar-refractivity contribution in [2.75, 3.05) is 26.5 Å². The number of amides is 1. The summed E-state index contributed by atoms with van der Waals surface area (Å²) < 4.78 is 45.2. The summed E-state index contributed by atoms with van der Waals surface area (Å²) in [6.45, 7) is 3.45. The molecule has 3 aromatic rings. The molecule has 164 valence electrons.